The Morgan fingerprint density at radius 3 is 2.76 bits per heavy atom. The van der Waals surface area contributed by atoms with Crippen molar-refractivity contribution in [3.63, 3.8) is 0 Å². The van der Waals surface area contributed by atoms with Crippen LogP contribution in [0.4, 0.5) is 5.69 Å². The summed E-state index contributed by atoms with van der Waals surface area (Å²) < 4.78 is 5.43. The van der Waals surface area contributed by atoms with Crippen LogP contribution in [0.2, 0.25) is 0 Å². The van der Waals surface area contributed by atoms with Crippen molar-refractivity contribution >= 4 is 29.3 Å². The third-order valence-corrected chi connectivity index (χ3v) is 6.39. The maximum absolute atomic E-state index is 12.4. The van der Waals surface area contributed by atoms with Crippen molar-refractivity contribution in [3.8, 4) is 0 Å². The topological polar surface area (TPSA) is 70.7 Å². The van der Waals surface area contributed by atoms with Gasteiger partial charge in [-0.25, -0.2) is 0 Å². The monoisotopic (exact) mass is 417 g/mol. The van der Waals surface area contributed by atoms with E-state index in [9.17, 15) is 9.59 Å². The lowest BCUT2D eigenvalue weighted by Crippen LogP contribution is -2.36. The molecule has 7 heteroatoms. The highest BCUT2D eigenvalue weighted by Gasteiger charge is 2.19. The number of carbonyl (C=O) groups excluding carboxylic acids is 2. The van der Waals surface area contributed by atoms with E-state index in [1.54, 1.807) is 31.2 Å². The van der Waals surface area contributed by atoms with E-state index in [0.717, 1.165) is 24.6 Å². The molecule has 1 unspecified atom stereocenters. The number of allylic oxidation sites excluding steroid dienone is 1. The third-order valence-electron chi connectivity index (χ3n) is 5.26. The van der Waals surface area contributed by atoms with Crippen LogP contribution in [0.5, 0.6) is 0 Å². The Balaban J connectivity index is 1.42. The van der Waals surface area contributed by atoms with Crippen LogP contribution in [0.15, 0.2) is 34.9 Å². The zero-order valence-electron chi connectivity index (χ0n) is 17.3. The van der Waals surface area contributed by atoms with Crippen LogP contribution < -0.4 is 10.6 Å². The molecule has 0 bridgehead atoms. The Morgan fingerprint density at radius 1 is 1.24 bits per heavy atom. The quantitative estimate of drug-likeness (QED) is 0.665. The normalized spacial score (nSPS) is 20.1. The Hall–Kier alpha value is -1.99. The fourth-order valence-corrected chi connectivity index (χ4v) is 4.54. The van der Waals surface area contributed by atoms with Gasteiger partial charge >= 0.3 is 0 Å². The predicted octanol–water partition coefficient (Wildman–Crippen LogP) is 3.47. The Kier molecular flexibility index (Phi) is 8.00. The third kappa shape index (κ3) is 6.51. The number of hydrogen-bond donors (Lipinski definition) is 2. The number of ether oxygens (including phenoxy) is 1. The van der Waals surface area contributed by atoms with Crippen molar-refractivity contribution in [1.29, 1.82) is 0 Å². The Labute approximate surface area is 177 Å². The van der Waals surface area contributed by atoms with Crippen molar-refractivity contribution in [2.24, 2.45) is 5.92 Å². The zero-order valence-corrected chi connectivity index (χ0v) is 18.1. The molecule has 6 nitrogen and oxygen atoms in total. The molecule has 1 aromatic carbocycles. The number of carbonyl (C=O) groups is 2. The van der Waals surface area contributed by atoms with Gasteiger partial charge in [-0.3, -0.25) is 9.59 Å². The summed E-state index contributed by atoms with van der Waals surface area (Å²) in [6.07, 6.45) is 3.56. The van der Waals surface area contributed by atoms with E-state index in [0.29, 0.717) is 35.1 Å². The van der Waals surface area contributed by atoms with Crippen LogP contribution >= 0.6 is 11.8 Å². The van der Waals surface area contributed by atoms with Gasteiger partial charge in [-0.15, -0.1) is 11.8 Å². The van der Waals surface area contributed by atoms with Crippen molar-refractivity contribution in [2.45, 2.75) is 33.1 Å². The summed E-state index contributed by atoms with van der Waals surface area (Å²) in [5.74, 6) is 1.97. The van der Waals surface area contributed by atoms with E-state index >= 15 is 0 Å². The fourth-order valence-electron chi connectivity index (χ4n) is 3.72. The SMILES string of the molecule is CC1=C(C(=O)Nc2ccc(C(=O)NCCCN3CCCC(C)C3)cc2)SCCO1. The van der Waals surface area contributed by atoms with E-state index in [-0.39, 0.29) is 11.8 Å². The number of hydrogen-bond acceptors (Lipinski definition) is 5. The minimum atomic E-state index is -0.170. The predicted molar refractivity (Wildman–Crippen MR) is 118 cm³/mol. The Morgan fingerprint density at radius 2 is 2.03 bits per heavy atom. The first-order valence-electron chi connectivity index (χ1n) is 10.4. The smallest absolute Gasteiger partial charge is 0.265 e. The molecule has 2 N–H and O–H groups in total. The highest BCUT2D eigenvalue weighted by molar-refractivity contribution is 8.04. The van der Waals surface area contributed by atoms with E-state index in [1.807, 2.05) is 0 Å². The highest BCUT2D eigenvalue weighted by Crippen LogP contribution is 2.26. The van der Waals surface area contributed by atoms with Gasteiger partial charge in [0, 0.05) is 30.1 Å². The molecule has 158 valence electrons. The average Bonchev–Trinajstić information content (AvgIpc) is 2.72. The summed E-state index contributed by atoms with van der Waals surface area (Å²) in [6.45, 7) is 8.79. The lowest BCUT2D eigenvalue weighted by atomic mass is 10.0. The second-order valence-electron chi connectivity index (χ2n) is 7.77. The molecule has 0 radical (unpaired) electrons. The zero-order chi connectivity index (χ0) is 20.6. The minimum Gasteiger partial charge on any atom is -0.496 e. The first-order chi connectivity index (χ1) is 14.0. The number of nitrogens with one attached hydrogen (secondary N) is 2. The van der Waals surface area contributed by atoms with Gasteiger partial charge in [-0.05, 0) is 69.5 Å². The summed E-state index contributed by atoms with van der Waals surface area (Å²) in [4.78, 5) is 27.8. The molecule has 1 atom stereocenters. The molecule has 1 aromatic rings. The molecule has 0 spiro atoms. The summed E-state index contributed by atoms with van der Waals surface area (Å²) >= 11 is 1.50. The van der Waals surface area contributed by atoms with Crippen LogP contribution in [-0.4, -0.2) is 55.3 Å². The second kappa shape index (κ2) is 10.7. The summed E-state index contributed by atoms with van der Waals surface area (Å²) in [6, 6.07) is 6.99. The maximum atomic E-state index is 12.4. The van der Waals surface area contributed by atoms with Gasteiger partial charge in [0.15, 0.2) is 0 Å². The van der Waals surface area contributed by atoms with Crippen molar-refractivity contribution in [3.05, 3.63) is 40.5 Å². The largest absolute Gasteiger partial charge is 0.496 e. The van der Waals surface area contributed by atoms with Gasteiger partial charge in [-0.2, -0.15) is 0 Å². The molecule has 2 heterocycles. The molecule has 2 aliphatic heterocycles. The maximum Gasteiger partial charge on any atom is 0.265 e. The number of rotatable bonds is 7. The lowest BCUT2D eigenvalue weighted by Gasteiger charge is -2.30. The van der Waals surface area contributed by atoms with Crippen LogP contribution in [0.25, 0.3) is 0 Å². The van der Waals surface area contributed by atoms with Crippen LogP contribution in [0.1, 0.15) is 43.5 Å². The standard InChI is InChI=1S/C22H31N3O3S/c1-16-5-3-11-25(15-16)12-4-10-23-21(26)18-6-8-19(9-7-18)24-22(27)20-17(2)28-13-14-29-20/h6-9,16H,3-5,10-15H2,1-2H3,(H,23,26)(H,24,27). The number of piperidine rings is 1. The van der Waals surface area contributed by atoms with Gasteiger partial charge in [0.2, 0.25) is 0 Å². The van der Waals surface area contributed by atoms with Gasteiger partial charge in [0.25, 0.3) is 11.8 Å². The van der Waals surface area contributed by atoms with Crippen molar-refractivity contribution in [2.75, 3.05) is 43.9 Å². The van der Waals surface area contributed by atoms with Gasteiger partial charge in [-0.1, -0.05) is 6.92 Å². The molecule has 29 heavy (non-hydrogen) atoms. The molecule has 1 saturated heterocycles. The molecule has 2 aliphatic rings. The van der Waals surface area contributed by atoms with Gasteiger partial charge in [0.05, 0.1) is 6.61 Å². The first kappa shape index (κ1) is 21.7. The number of nitrogens with zero attached hydrogens (tertiary/aromatic N) is 1. The molecular weight excluding hydrogens is 386 g/mol. The molecule has 2 amide bonds. The number of likely N-dealkylation sites (tertiary alicyclic amines) is 1. The molecule has 1 fully saturated rings. The number of anilines is 1. The van der Waals surface area contributed by atoms with Crippen LogP contribution in [0.3, 0.4) is 0 Å². The van der Waals surface area contributed by atoms with Gasteiger partial charge in [0.1, 0.15) is 10.7 Å². The lowest BCUT2D eigenvalue weighted by molar-refractivity contribution is -0.112. The highest BCUT2D eigenvalue weighted by atomic mass is 32.2. The first-order valence-corrected chi connectivity index (χ1v) is 11.4. The molecule has 0 aliphatic carbocycles. The molecule has 0 aromatic heterocycles. The summed E-state index contributed by atoms with van der Waals surface area (Å²) in [7, 11) is 0. The van der Waals surface area contributed by atoms with Gasteiger partial charge < -0.3 is 20.3 Å². The second-order valence-corrected chi connectivity index (χ2v) is 8.88. The Bertz CT molecular complexity index is 748. The van der Waals surface area contributed by atoms with E-state index in [1.165, 1.54) is 37.7 Å². The van der Waals surface area contributed by atoms with E-state index in [4.69, 9.17) is 4.74 Å². The average molecular weight is 418 g/mol. The minimum absolute atomic E-state index is 0.0790. The van der Waals surface area contributed by atoms with Crippen LogP contribution in [0, 0.1) is 5.92 Å². The number of amides is 2. The number of thioether (sulfide) groups is 1. The summed E-state index contributed by atoms with van der Waals surface area (Å²) in [5.41, 5.74) is 1.26. The van der Waals surface area contributed by atoms with Crippen LogP contribution in [-0.2, 0) is 9.53 Å². The summed E-state index contributed by atoms with van der Waals surface area (Å²) in [5, 5.41) is 5.85. The van der Waals surface area contributed by atoms with Crippen molar-refractivity contribution in [1.82, 2.24) is 10.2 Å². The molecular formula is C22H31N3O3S. The number of benzene rings is 1. The van der Waals surface area contributed by atoms with E-state index < -0.39 is 0 Å². The van der Waals surface area contributed by atoms with Crippen molar-refractivity contribution < 1.29 is 14.3 Å². The molecule has 0 saturated carbocycles. The fraction of sp³-hybridized carbons (Fsp3) is 0.545. The van der Waals surface area contributed by atoms with E-state index in [2.05, 4.69) is 22.5 Å². The molecule has 3 rings (SSSR count).